The van der Waals surface area contributed by atoms with Crippen LogP contribution in [0.4, 0.5) is 5.69 Å². The normalized spacial score (nSPS) is 10.9. The summed E-state index contributed by atoms with van der Waals surface area (Å²) >= 11 is 6.14. The quantitative estimate of drug-likeness (QED) is 0.433. The molecule has 0 saturated heterocycles. The largest absolute Gasteiger partial charge is 0.473 e. The second kappa shape index (κ2) is 8.51. The van der Waals surface area contributed by atoms with Crippen molar-refractivity contribution in [1.29, 1.82) is 0 Å². The molecule has 0 fully saturated rings. The first-order valence-corrected chi connectivity index (χ1v) is 9.98. The number of amides is 1. The van der Waals surface area contributed by atoms with Gasteiger partial charge in [0.2, 0.25) is 0 Å². The number of carbonyl (C=O) groups is 1. The molecule has 150 valence electrons. The Kier molecular flexibility index (Phi) is 5.63. The van der Waals surface area contributed by atoms with E-state index in [4.69, 9.17) is 16.3 Å². The van der Waals surface area contributed by atoms with Crippen LogP contribution < -0.4 is 10.1 Å². The fourth-order valence-electron chi connectivity index (χ4n) is 3.04. The van der Waals surface area contributed by atoms with Crippen molar-refractivity contribution in [1.82, 2.24) is 9.97 Å². The standard InChI is InChI=1S/C24H20ClN3O2/c1-15(2)30-24-22(25)27-20-13-12-19(14-21(20)28-24)26-23(29)18-10-8-17(9-11-18)16-6-4-3-5-7-16/h3-15H,1-2H3,(H,26,29). The maximum atomic E-state index is 12.7. The average molecular weight is 418 g/mol. The summed E-state index contributed by atoms with van der Waals surface area (Å²) in [7, 11) is 0. The molecule has 1 heterocycles. The van der Waals surface area contributed by atoms with Crippen LogP contribution in [-0.4, -0.2) is 22.0 Å². The first kappa shape index (κ1) is 19.9. The maximum Gasteiger partial charge on any atom is 0.255 e. The molecule has 0 saturated carbocycles. The van der Waals surface area contributed by atoms with Crippen LogP contribution >= 0.6 is 11.6 Å². The first-order valence-electron chi connectivity index (χ1n) is 9.60. The average Bonchev–Trinajstić information content (AvgIpc) is 2.75. The lowest BCUT2D eigenvalue weighted by Gasteiger charge is -2.11. The molecule has 5 nitrogen and oxygen atoms in total. The van der Waals surface area contributed by atoms with E-state index in [2.05, 4.69) is 15.3 Å². The number of nitrogens with zero attached hydrogens (tertiary/aromatic N) is 2. The van der Waals surface area contributed by atoms with Crippen molar-refractivity contribution >= 4 is 34.2 Å². The van der Waals surface area contributed by atoms with E-state index in [1.807, 2.05) is 68.4 Å². The molecular weight excluding hydrogens is 398 g/mol. The minimum atomic E-state index is -0.200. The third-order valence-corrected chi connectivity index (χ3v) is 4.70. The number of carbonyl (C=O) groups excluding carboxylic acids is 1. The topological polar surface area (TPSA) is 64.1 Å². The van der Waals surface area contributed by atoms with Gasteiger partial charge >= 0.3 is 0 Å². The van der Waals surface area contributed by atoms with Gasteiger partial charge in [0.05, 0.1) is 17.1 Å². The van der Waals surface area contributed by atoms with Gasteiger partial charge < -0.3 is 10.1 Å². The van der Waals surface area contributed by atoms with Crippen LogP contribution in [0.2, 0.25) is 5.15 Å². The van der Waals surface area contributed by atoms with Crippen molar-refractivity contribution in [3.05, 3.63) is 83.5 Å². The highest BCUT2D eigenvalue weighted by Gasteiger charge is 2.12. The Balaban J connectivity index is 1.54. The van der Waals surface area contributed by atoms with Crippen molar-refractivity contribution in [3.8, 4) is 17.0 Å². The van der Waals surface area contributed by atoms with Crippen LogP contribution in [0.5, 0.6) is 5.88 Å². The lowest BCUT2D eigenvalue weighted by molar-refractivity contribution is 0.102. The number of hydrogen-bond donors (Lipinski definition) is 1. The molecule has 0 spiro atoms. The molecule has 1 N–H and O–H groups in total. The Morgan fingerprint density at radius 1 is 0.900 bits per heavy atom. The molecule has 0 atom stereocenters. The van der Waals surface area contributed by atoms with E-state index >= 15 is 0 Å². The minimum absolute atomic E-state index is 0.0732. The highest BCUT2D eigenvalue weighted by molar-refractivity contribution is 6.31. The summed E-state index contributed by atoms with van der Waals surface area (Å²) < 4.78 is 5.60. The Bertz CT molecular complexity index is 1190. The van der Waals surface area contributed by atoms with Gasteiger partial charge in [-0.3, -0.25) is 4.79 Å². The van der Waals surface area contributed by atoms with Crippen LogP contribution in [0.3, 0.4) is 0 Å². The van der Waals surface area contributed by atoms with Gasteiger partial charge in [-0.05, 0) is 55.3 Å². The number of ether oxygens (including phenoxy) is 1. The van der Waals surface area contributed by atoms with Crippen LogP contribution in [0.25, 0.3) is 22.2 Å². The maximum absolute atomic E-state index is 12.7. The highest BCUT2D eigenvalue weighted by Crippen LogP contribution is 2.26. The van der Waals surface area contributed by atoms with E-state index in [9.17, 15) is 4.79 Å². The van der Waals surface area contributed by atoms with Crippen molar-refractivity contribution in [3.63, 3.8) is 0 Å². The van der Waals surface area contributed by atoms with E-state index < -0.39 is 0 Å². The number of nitrogens with one attached hydrogen (secondary N) is 1. The zero-order valence-corrected chi connectivity index (χ0v) is 17.4. The van der Waals surface area contributed by atoms with Gasteiger partial charge in [-0.15, -0.1) is 0 Å². The van der Waals surface area contributed by atoms with Gasteiger partial charge in [0.15, 0.2) is 5.15 Å². The third kappa shape index (κ3) is 4.42. The van der Waals surface area contributed by atoms with Crippen molar-refractivity contribution in [2.24, 2.45) is 0 Å². The molecule has 0 aliphatic rings. The highest BCUT2D eigenvalue weighted by atomic mass is 35.5. The van der Waals surface area contributed by atoms with Gasteiger partial charge in [0, 0.05) is 11.3 Å². The van der Waals surface area contributed by atoms with E-state index in [-0.39, 0.29) is 23.0 Å². The Morgan fingerprint density at radius 3 is 2.30 bits per heavy atom. The van der Waals surface area contributed by atoms with Gasteiger partial charge in [0.1, 0.15) is 0 Å². The third-order valence-electron chi connectivity index (χ3n) is 4.45. The summed E-state index contributed by atoms with van der Waals surface area (Å²) in [5.41, 5.74) is 4.57. The van der Waals surface area contributed by atoms with E-state index in [1.165, 1.54) is 0 Å². The fourth-order valence-corrected chi connectivity index (χ4v) is 3.22. The van der Waals surface area contributed by atoms with Crippen LogP contribution in [0.15, 0.2) is 72.8 Å². The van der Waals surface area contributed by atoms with Crippen molar-refractivity contribution in [2.45, 2.75) is 20.0 Å². The van der Waals surface area contributed by atoms with E-state index in [0.717, 1.165) is 11.1 Å². The zero-order valence-electron chi connectivity index (χ0n) is 16.6. The van der Waals surface area contributed by atoms with Crippen LogP contribution in [0, 0.1) is 0 Å². The molecule has 4 aromatic rings. The zero-order chi connectivity index (χ0) is 21.1. The van der Waals surface area contributed by atoms with Gasteiger partial charge in [-0.1, -0.05) is 54.1 Å². The molecular formula is C24H20ClN3O2. The lowest BCUT2D eigenvalue weighted by Crippen LogP contribution is -2.12. The number of hydrogen-bond acceptors (Lipinski definition) is 4. The van der Waals surface area contributed by atoms with Crippen LogP contribution in [0.1, 0.15) is 24.2 Å². The SMILES string of the molecule is CC(C)Oc1nc2cc(NC(=O)c3ccc(-c4ccccc4)cc3)ccc2nc1Cl. The number of anilines is 1. The smallest absolute Gasteiger partial charge is 0.255 e. The summed E-state index contributed by atoms with van der Waals surface area (Å²) in [5.74, 6) is 0.0775. The number of halogens is 1. The molecule has 0 aliphatic heterocycles. The van der Waals surface area contributed by atoms with Crippen molar-refractivity contribution in [2.75, 3.05) is 5.32 Å². The van der Waals surface area contributed by atoms with E-state index in [0.29, 0.717) is 22.3 Å². The molecule has 4 rings (SSSR count). The lowest BCUT2D eigenvalue weighted by atomic mass is 10.0. The number of fused-ring (bicyclic) bond motifs is 1. The molecule has 30 heavy (non-hydrogen) atoms. The Labute approximate surface area is 179 Å². The second-order valence-electron chi connectivity index (χ2n) is 7.09. The van der Waals surface area contributed by atoms with E-state index in [1.54, 1.807) is 18.2 Å². The fraction of sp³-hybridized carbons (Fsp3) is 0.125. The predicted molar refractivity (Wildman–Crippen MR) is 120 cm³/mol. The summed E-state index contributed by atoms with van der Waals surface area (Å²) in [6.45, 7) is 3.78. The molecule has 0 unspecified atom stereocenters. The summed E-state index contributed by atoms with van der Waals surface area (Å²) in [6, 6.07) is 22.8. The number of rotatable bonds is 5. The van der Waals surface area contributed by atoms with Gasteiger partial charge in [0.25, 0.3) is 11.8 Å². The van der Waals surface area contributed by atoms with Crippen LogP contribution in [-0.2, 0) is 0 Å². The Morgan fingerprint density at radius 2 is 1.60 bits per heavy atom. The van der Waals surface area contributed by atoms with Crippen molar-refractivity contribution < 1.29 is 9.53 Å². The van der Waals surface area contributed by atoms with Gasteiger partial charge in [-0.25, -0.2) is 9.97 Å². The molecule has 1 amide bonds. The molecule has 0 aliphatic carbocycles. The van der Waals surface area contributed by atoms with Gasteiger partial charge in [-0.2, -0.15) is 0 Å². The molecule has 1 aromatic heterocycles. The minimum Gasteiger partial charge on any atom is -0.473 e. The number of aromatic nitrogens is 2. The number of benzene rings is 3. The second-order valence-corrected chi connectivity index (χ2v) is 7.45. The molecule has 0 radical (unpaired) electrons. The summed E-state index contributed by atoms with van der Waals surface area (Å²) in [5, 5.41) is 3.12. The monoisotopic (exact) mass is 417 g/mol. The molecule has 6 heteroatoms. The molecule has 0 bridgehead atoms. The summed E-state index contributed by atoms with van der Waals surface area (Å²) in [4.78, 5) is 21.4. The summed E-state index contributed by atoms with van der Waals surface area (Å²) in [6.07, 6.45) is -0.0732. The predicted octanol–water partition coefficient (Wildman–Crippen LogP) is 5.99. The Hall–Kier alpha value is -3.44. The molecule has 3 aromatic carbocycles. The first-order chi connectivity index (χ1) is 14.5.